The molecule has 1 heterocycles. The zero-order valence-electron chi connectivity index (χ0n) is 6.80. The second-order valence-corrected chi connectivity index (χ2v) is 2.71. The lowest BCUT2D eigenvalue weighted by atomic mass is 10.5. The summed E-state index contributed by atoms with van der Waals surface area (Å²) in [5.74, 6) is 0. The lowest BCUT2D eigenvalue weighted by Crippen LogP contribution is -2.33. The topological polar surface area (TPSA) is 6.48 Å². The van der Waals surface area contributed by atoms with Crippen molar-refractivity contribution in [1.82, 2.24) is 9.80 Å². The molecule has 0 amide bonds. The SMILES string of the molecule is CCN1C=CN(CC(F)(F)F)C1. The summed E-state index contributed by atoms with van der Waals surface area (Å²) >= 11 is 0. The molecule has 0 spiro atoms. The van der Waals surface area contributed by atoms with E-state index in [1.807, 2.05) is 11.8 Å². The van der Waals surface area contributed by atoms with Crippen LogP contribution in [0.15, 0.2) is 12.4 Å². The minimum Gasteiger partial charge on any atom is -0.359 e. The molecule has 0 aliphatic carbocycles. The molecule has 1 rings (SSSR count). The fraction of sp³-hybridized carbons (Fsp3) is 0.714. The van der Waals surface area contributed by atoms with E-state index in [1.165, 1.54) is 11.1 Å². The molecule has 0 bridgehead atoms. The van der Waals surface area contributed by atoms with Crippen molar-refractivity contribution in [2.75, 3.05) is 19.8 Å². The van der Waals surface area contributed by atoms with Crippen molar-refractivity contribution >= 4 is 0 Å². The molecule has 5 heteroatoms. The van der Waals surface area contributed by atoms with E-state index in [9.17, 15) is 13.2 Å². The van der Waals surface area contributed by atoms with Crippen LogP contribution in [0, 0.1) is 0 Å². The predicted octanol–water partition coefficient (Wildman–Crippen LogP) is 1.61. The molecule has 0 saturated heterocycles. The van der Waals surface area contributed by atoms with Gasteiger partial charge in [0.15, 0.2) is 0 Å². The van der Waals surface area contributed by atoms with Crippen LogP contribution in [-0.2, 0) is 0 Å². The number of hydrogen-bond donors (Lipinski definition) is 0. The number of alkyl halides is 3. The Bertz CT molecular complexity index is 176. The Hall–Kier alpha value is -0.870. The lowest BCUT2D eigenvalue weighted by molar-refractivity contribution is -0.141. The number of rotatable bonds is 2. The van der Waals surface area contributed by atoms with E-state index >= 15 is 0 Å². The molecule has 0 atom stereocenters. The Morgan fingerprint density at radius 2 is 1.83 bits per heavy atom. The highest BCUT2D eigenvalue weighted by atomic mass is 19.4. The van der Waals surface area contributed by atoms with Crippen LogP contribution in [-0.4, -0.2) is 35.7 Å². The molecule has 1 aliphatic heterocycles. The van der Waals surface area contributed by atoms with Gasteiger partial charge in [0.2, 0.25) is 0 Å². The van der Waals surface area contributed by atoms with Crippen molar-refractivity contribution < 1.29 is 13.2 Å². The van der Waals surface area contributed by atoms with Gasteiger partial charge in [-0.3, -0.25) is 0 Å². The molecule has 12 heavy (non-hydrogen) atoms. The first-order valence-corrected chi connectivity index (χ1v) is 3.74. The third-order valence-corrected chi connectivity index (χ3v) is 1.64. The Balaban J connectivity index is 2.34. The summed E-state index contributed by atoms with van der Waals surface area (Å²) in [7, 11) is 0. The molecule has 2 nitrogen and oxygen atoms in total. The van der Waals surface area contributed by atoms with Crippen LogP contribution >= 0.6 is 0 Å². The fourth-order valence-corrected chi connectivity index (χ4v) is 1.05. The summed E-state index contributed by atoms with van der Waals surface area (Å²) in [5.41, 5.74) is 0. The van der Waals surface area contributed by atoms with Crippen LogP contribution in [0.2, 0.25) is 0 Å². The van der Waals surface area contributed by atoms with Crippen molar-refractivity contribution in [3.8, 4) is 0 Å². The van der Waals surface area contributed by atoms with E-state index in [2.05, 4.69) is 0 Å². The third kappa shape index (κ3) is 2.64. The van der Waals surface area contributed by atoms with Gasteiger partial charge in [0.05, 0.1) is 6.67 Å². The molecule has 0 aromatic rings. The van der Waals surface area contributed by atoms with Crippen molar-refractivity contribution in [2.45, 2.75) is 13.1 Å². The second-order valence-electron chi connectivity index (χ2n) is 2.71. The summed E-state index contributed by atoms with van der Waals surface area (Å²) < 4.78 is 35.5. The van der Waals surface area contributed by atoms with Gasteiger partial charge in [-0.2, -0.15) is 13.2 Å². The van der Waals surface area contributed by atoms with E-state index in [0.717, 1.165) is 6.54 Å². The van der Waals surface area contributed by atoms with Crippen molar-refractivity contribution in [1.29, 1.82) is 0 Å². The maximum atomic E-state index is 11.8. The van der Waals surface area contributed by atoms with Crippen molar-refractivity contribution in [3.05, 3.63) is 12.4 Å². The first kappa shape index (κ1) is 9.22. The molecule has 0 radical (unpaired) electrons. The summed E-state index contributed by atoms with van der Waals surface area (Å²) in [4.78, 5) is 3.05. The maximum absolute atomic E-state index is 11.8. The first-order chi connectivity index (χ1) is 5.51. The predicted molar refractivity (Wildman–Crippen MR) is 39.1 cm³/mol. The lowest BCUT2D eigenvalue weighted by Gasteiger charge is -2.20. The number of nitrogens with zero attached hydrogens (tertiary/aromatic N) is 2. The standard InChI is InChI=1S/C7H11F3N2/c1-2-11-3-4-12(6-11)5-7(8,9)10/h3-4H,2,5-6H2,1H3. The molecule has 1 aliphatic rings. The monoisotopic (exact) mass is 180 g/mol. The largest absolute Gasteiger partial charge is 0.405 e. The first-order valence-electron chi connectivity index (χ1n) is 3.74. The third-order valence-electron chi connectivity index (χ3n) is 1.64. The Labute approximate surface area is 69.2 Å². The molecule has 0 saturated carbocycles. The van der Waals surface area contributed by atoms with Crippen LogP contribution < -0.4 is 0 Å². The van der Waals surface area contributed by atoms with Gasteiger partial charge in [0.1, 0.15) is 6.54 Å². The van der Waals surface area contributed by atoms with Crippen LogP contribution in [0.5, 0.6) is 0 Å². The van der Waals surface area contributed by atoms with Crippen molar-refractivity contribution in [2.24, 2.45) is 0 Å². The summed E-state index contributed by atoms with van der Waals surface area (Å²) in [6, 6.07) is 0. The van der Waals surface area contributed by atoms with Crippen LogP contribution in [0.4, 0.5) is 13.2 Å². The highest BCUT2D eigenvalue weighted by molar-refractivity contribution is 4.90. The molecule has 0 aromatic heterocycles. The van der Waals surface area contributed by atoms with E-state index in [0.29, 0.717) is 6.67 Å². The molecule has 0 unspecified atom stereocenters. The highest BCUT2D eigenvalue weighted by Crippen LogP contribution is 2.18. The molecular weight excluding hydrogens is 169 g/mol. The van der Waals surface area contributed by atoms with Gasteiger partial charge in [0.25, 0.3) is 0 Å². The molecule has 0 N–H and O–H groups in total. The van der Waals surface area contributed by atoms with Gasteiger partial charge >= 0.3 is 6.18 Å². The molecule has 0 fully saturated rings. The minimum absolute atomic E-state index is 0.343. The van der Waals surface area contributed by atoms with E-state index in [4.69, 9.17) is 0 Å². The number of halogens is 3. The van der Waals surface area contributed by atoms with Gasteiger partial charge in [0, 0.05) is 18.9 Å². The zero-order chi connectivity index (χ0) is 9.19. The van der Waals surface area contributed by atoms with E-state index in [1.54, 1.807) is 6.20 Å². The van der Waals surface area contributed by atoms with E-state index < -0.39 is 12.7 Å². The molecule has 0 aromatic carbocycles. The van der Waals surface area contributed by atoms with Gasteiger partial charge in [-0.1, -0.05) is 0 Å². The van der Waals surface area contributed by atoms with Crippen molar-refractivity contribution in [3.63, 3.8) is 0 Å². The minimum atomic E-state index is -4.10. The average molecular weight is 180 g/mol. The van der Waals surface area contributed by atoms with Crippen LogP contribution in [0.3, 0.4) is 0 Å². The maximum Gasteiger partial charge on any atom is 0.405 e. The Kier molecular flexibility index (Phi) is 2.49. The van der Waals surface area contributed by atoms with Gasteiger partial charge in [-0.15, -0.1) is 0 Å². The average Bonchev–Trinajstić information content (AvgIpc) is 2.32. The second kappa shape index (κ2) is 3.25. The van der Waals surface area contributed by atoms with Gasteiger partial charge in [-0.25, -0.2) is 0 Å². The van der Waals surface area contributed by atoms with Gasteiger partial charge < -0.3 is 9.80 Å². The summed E-state index contributed by atoms with van der Waals surface area (Å²) in [6.07, 6.45) is -0.961. The van der Waals surface area contributed by atoms with E-state index in [-0.39, 0.29) is 0 Å². The summed E-state index contributed by atoms with van der Waals surface area (Å²) in [5, 5.41) is 0. The van der Waals surface area contributed by atoms with Gasteiger partial charge in [-0.05, 0) is 6.92 Å². The Morgan fingerprint density at radius 3 is 2.25 bits per heavy atom. The fourth-order valence-electron chi connectivity index (χ4n) is 1.05. The normalized spacial score (nSPS) is 17.7. The Morgan fingerprint density at radius 1 is 1.25 bits per heavy atom. The number of hydrogen-bond acceptors (Lipinski definition) is 2. The summed E-state index contributed by atoms with van der Waals surface area (Å²) in [6.45, 7) is 2.13. The quantitative estimate of drug-likeness (QED) is 0.637. The molecular formula is C7H11F3N2. The van der Waals surface area contributed by atoms with Crippen LogP contribution in [0.25, 0.3) is 0 Å². The smallest absolute Gasteiger partial charge is 0.359 e. The molecule has 70 valence electrons. The highest BCUT2D eigenvalue weighted by Gasteiger charge is 2.31. The van der Waals surface area contributed by atoms with Crippen LogP contribution in [0.1, 0.15) is 6.92 Å². The zero-order valence-corrected chi connectivity index (χ0v) is 6.80.